The number of carboxylic acids is 1. The van der Waals surface area contributed by atoms with Crippen molar-refractivity contribution >= 4 is 5.97 Å². The molecule has 2 atom stereocenters. The number of carboxylic acid groups (broad SMARTS) is 1. The molecule has 0 aromatic carbocycles. The third-order valence-electron chi connectivity index (χ3n) is 1.37. The summed E-state index contributed by atoms with van der Waals surface area (Å²) in [7, 11) is 0. The van der Waals surface area contributed by atoms with Crippen molar-refractivity contribution in [2.45, 2.75) is 13.8 Å². The molecule has 0 bridgehead atoms. The quantitative estimate of drug-likeness (QED) is 0.548. The molecule has 0 aromatic rings. The molecule has 0 rings (SSSR count). The smallest absolute Gasteiger partial charge is 0.307 e. The van der Waals surface area contributed by atoms with Crippen molar-refractivity contribution < 1.29 is 42.6 Å². The van der Waals surface area contributed by atoms with Gasteiger partial charge in [-0.2, -0.15) is 0 Å². The van der Waals surface area contributed by atoms with Crippen LogP contribution in [0.3, 0.4) is 0 Å². The van der Waals surface area contributed by atoms with Gasteiger partial charge in [-0.3, -0.25) is 4.79 Å². The Morgan fingerprint density at radius 2 is 2.00 bits per heavy atom. The minimum Gasteiger partial charge on any atom is -0.693 e. The van der Waals surface area contributed by atoms with Gasteiger partial charge in [-0.15, -0.1) is 0 Å². The average Bonchev–Trinajstić information content (AvgIpc) is 1.84. The molecule has 0 fully saturated rings. The van der Waals surface area contributed by atoms with Crippen LogP contribution in [0.2, 0.25) is 0 Å². The fourth-order valence-corrected chi connectivity index (χ4v) is 0.339. The van der Waals surface area contributed by atoms with Crippen molar-refractivity contribution in [3.63, 3.8) is 0 Å². The Bertz CT molecular complexity index is 148. The molecule has 0 saturated heterocycles. The molecule has 10 heavy (non-hydrogen) atoms. The molecule has 0 saturated carbocycles. The van der Waals surface area contributed by atoms with Gasteiger partial charge in [0.2, 0.25) is 0 Å². The molecule has 0 aromatic heterocycles. The second-order valence-electron chi connectivity index (χ2n) is 2.06. The maximum atomic E-state index is 10.2. The Balaban J connectivity index is 0. The van der Waals surface area contributed by atoms with Gasteiger partial charge >= 0.3 is 5.97 Å². The minimum absolute atomic E-state index is 0. The first-order valence-corrected chi connectivity index (χ1v) is 2.74. The fourth-order valence-electron chi connectivity index (χ4n) is 0.339. The van der Waals surface area contributed by atoms with E-state index in [9.17, 15) is 4.79 Å². The van der Waals surface area contributed by atoms with Crippen LogP contribution >= 0.6 is 0 Å². The Labute approximate surface area is 86.3 Å². The van der Waals surface area contributed by atoms with Gasteiger partial charge in [-0.1, -0.05) is 13.8 Å². The number of carbonyl (C=O) groups is 1. The summed E-state index contributed by atoms with van der Waals surface area (Å²) in [5, 5.41) is 8.36. The zero-order chi connectivity index (χ0) is 7.44. The molecule has 1 N–H and O–H groups in total. The van der Waals surface area contributed by atoms with E-state index in [1.54, 1.807) is 13.8 Å². The first-order valence-electron chi connectivity index (χ1n) is 2.74. The topological polar surface area (TPSA) is 37.3 Å². The van der Waals surface area contributed by atoms with Crippen molar-refractivity contribution in [3.8, 4) is 5.92 Å². The Kier molecular flexibility index (Phi) is 7.52. The molecule has 0 heterocycles. The summed E-state index contributed by atoms with van der Waals surface area (Å²) in [5.74, 6) is 0.455. The summed E-state index contributed by atoms with van der Waals surface area (Å²) < 4.78 is 0. The SMILES string of the molecule is [C-]#C[C@H](C)[C@@H](C)C(=O)O.[Y]. The van der Waals surface area contributed by atoms with E-state index in [-0.39, 0.29) is 38.6 Å². The van der Waals surface area contributed by atoms with E-state index >= 15 is 0 Å². The molecule has 0 aliphatic carbocycles. The van der Waals surface area contributed by atoms with Crippen molar-refractivity contribution in [1.29, 1.82) is 0 Å². The number of hydrogen-bond acceptors (Lipinski definition) is 1. The molecular weight excluding hydrogens is 205 g/mol. The van der Waals surface area contributed by atoms with Crippen molar-refractivity contribution in [2.24, 2.45) is 11.8 Å². The zero-order valence-corrected chi connectivity index (χ0v) is 8.93. The molecule has 0 spiro atoms. The monoisotopic (exact) mass is 214 g/mol. The molecule has 1 radical (unpaired) electrons. The Morgan fingerprint density at radius 1 is 1.60 bits per heavy atom. The molecule has 2 nitrogen and oxygen atoms in total. The van der Waals surface area contributed by atoms with Gasteiger partial charge < -0.3 is 17.5 Å². The summed E-state index contributed by atoms with van der Waals surface area (Å²) >= 11 is 0. The molecular formula is C7H9O2Y-. The molecule has 0 aliphatic rings. The number of hydrogen-bond donors (Lipinski definition) is 1. The van der Waals surface area contributed by atoms with Gasteiger partial charge in [0.1, 0.15) is 0 Å². The number of aliphatic carboxylic acids is 1. The van der Waals surface area contributed by atoms with Crippen LogP contribution in [0, 0.1) is 24.2 Å². The van der Waals surface area contributed by atoms with Gasteiger partial charge in [0, 0.05) is 32.7 Å². The second kappa shape index (κ2) is 5.88. The van der Waals surface area contributed by atoms with Crippen molar-refractivity contribution in [1.82, 2.24) is 0 Å². The first kappa shape index (κ1) is 12.8. The largest absolute Gasteiger partial charge is 0.693 e. The van der Waals surface area contributed by atoms with Gasteiger partial charge in [-0.25, -0.2) is 0 Å². The summed E-state index contributed by atoms with van der Waals surface area (Å²) in [6.45, 7) is 3.22. The predicted octanol–water partition coefficient (Wildman–Crippen LogP) is 0.930. The van der Waals surface area contributed by atoms with Gasteiger partial charge in [-0.05, 0) is 5.92 Å². The van der Waals surface area contributed by atoms with Crippen molar-refractivity contribution in [2.75, 3.05) is 0 Å². The van der Waals surface area contributed by atoms with Gasteiger partial charge in [0.05, 0.1) is 5.92 Å². The van der Waals surface area contributed by atoms with Crippen LogP contribution in [0.4, 0.5) is 0 Å². The van der Waals surface area contributed by atoms with E-state index in [1.807, 2.05) is 0 Å². The summed E-state index contributed by atoms with van der Waals surface area (Å²) in [5.41, 5.74) is 0. The van der Waals surface area contributed by atoms with Crippen LogP contribution in [-0.4, -0.2) is 11.1 Å². The van der Waals surface area contributed by atoms with Gasteiger partial charge in [0.25, 0.3) is 0 Å². The van der Waals surface area contributed by atoms with Gasteiger partial charge in [0.15, 0.2) is 0 Å². The van der Waals surface area contributed by atoms with Crippen LogP contribution in [-0.2, 0) is 37.5 Å². The second-order valence-corrected chi connectivity index (χ2v) is 2.06. The first-order chi connectivity index (χ1) is 4.09. The Morgan fingerprint density at radius 3 is 2.10 bits per heavy atom. The Hall–Kier alpha value is 0.134. The van der Waals surface area contributed by atoms with E-state index in [1.165, 1.54) is 0 Å². The number of rotatable bonds is 2. The van der Waals surface area contributed by atoms with E-state index in [0.717, 1.165) is 0 Å². The standard InChI is InChI=1S/C7H9O2.Y/c1-4-5(2)6(3)7(8)9;/h5-6H,2-3H3,(H,8,9);/q-1;/t5-,6+;/m0./s1. The fraction of sp³-hybridized carbons (Fsp3) is 0.571. The maximum Gasteiger partial charge on any atom is 0.307 e. The molecule has 3 heteroatoms. The molecule has 53 valence electrons. The molecule has 0 unspecified atom stereocenters. The third kappa shape index (κ3) is 4.03. The zero-order valence-electron chi connectivity index (χ0n) is 6.09. The summed E-state index contributed by atoms with van der Waals surface area (Å²) in [6.07, 6.45) is 6.62. The molecule has 0 aliphatic heterocycles. The normalized spacial score (nSPS) is 14.1. The van der Waals surface area contributed by atoms with Crippen LogP contribution in [0.15, 0.2) is 0 Å². The van der Waals surface area contributed by atoms with E-state index < -0.39 is 11.9 Å². The minimum atomic E-state index is -0.873. The van der Waals surface area contributed by atoms with Crippen LogP contribution in [0.25, 0.3) is 0 Å². The predicted molar refractivity (Wildman–Crippen MR) is 33.1 cm³/mol. The average molecular weight is 214 g/mol. The summed E-state index contributed by atoms with van der Waals surface area (Å²) in [6, 6.07) is 0. The van der Waals surface area contributed by atoms with Crippen molar-refractivity contribution in [3.05, 3.63) is 6.42 Å². The van der Waals surface area contributed by atoms with Crippen LogP contribution in [0.1, 0.15) is 13.8 Å². The van der Waals surface area contributed by atoms with E-state index in [0.29, 0.717) is 0 Å². The van der Waals surface area contributed by atoms with E-state index in [2.05, 4.69) is 5.92 Å². The molecule has 0 amide bonds. The third-order valence-corrected chi connectivity index (χ3v) is 1.37. The maximum absolute atomic E-state index is 10.2. The summed E-state index contributed by atoms with van der Waals surface area (Å²) in [4.78, 5) is 10.2. The van der Waals surface area contributed by atoms with Crippen LogP contribution in [0.5, 0.6) is 0 Å². The van der Waals surface area contributed by atoms with E-state index in [4.69, 9.17) is 11.5 Å². The van der Waals surface area contributed by atoms with Crippen LogP contribution < -0.4 is 0 Å².